The summed E-state index contributed by atoms with van der Waals surface area (Å²) in [6.45, 7) is 8.48. The Hall–Kier alpha value is -3.94. The van der Waals surface area contributed by atoms with Gasteiger partial charge in [-0.3, -0.25) is 9.59 Å². The molecule has 0 radical (unpaired) electrons. The minimum absolute atomic E-state index is 0.132. The molecular formula is C25H27N5O3. The maximum absolute atomic E-state index is 13.1. The second-order valence-corrected chi connectivity index (χ2v) is 8.48. The molecule has 4 rings (SSSR count). The van der Waals surface area contributed by atoms with E-state index in [1.165, 1.54) is 6.26 Å². The van der Waals surface area contributed by atoms with Crippen molar-refractivity contribution in [3.63, 3.8) is 0 Å². The molecule has 1 aromatic carbocycles. The third-order valence-electron chi connectivity index (χ3n) is 5.29. The van der Waals surface area contributed by atoms with E-state index >= 15 is 0 Å². The molecule has 0 atom stereocenters. The second-order valence-electron chi connectivity index (χ2n) is 8.48. The minimum Gasteiger partial charge on any atom is -0.459 e. The van der Waals surface area contributed by atoms with Crippen LogP contribution in [0.25, 0.3) is 11.0 Å². The molecule has 0 aliphatic rings. The van der Waals surface area contributed by atoms with Gasteiger partial charge in [-0.05, 0) is 55.7 Å². The average molecular weight is 446 g/mol. The number of aromatic nitrogens is 3. The summed E-state index contributed by atoms with van der Waals surface area (Å²) in [5.74, 6) is -0.120. The van der Waals surface area contributed by atoms with Crippen molar-refractivity contribution in [1.29, 1.82) is 0 Å². The lowest BCUT2D eigenvalue weighted by molar-refractivity contribution is 0.0951. The van der Waals surface area contributed by atoms with Crippen LogP contribution in [0.2, 0.25) is 0 Å². The number of benzene rings is 1. The van der Waals surface area contributed by atoms with E-state index in [2.05, 4.69) is 29.6 Å². The first-order valence-electron chi connectivity index (χ1n) is 10.9. The highest BCUT2D eigenvalue weighted by molar-refractivity contribution is 6.05. The van der Waals surface area contributed by atoms with E-state index in [9.17, 15) is 9.59 Å². The smallest absolute Gasteiger partial charge is 0.291 e. The molecular weight excluding hydrogens is 418 g/mol. The van der Waals surface area contributed by atoms with E-state index in [1.807, 2.05) is 42.8 Å². The van der Waals surface area contributed by atoms with Gasteiger partial charge in [0.05, 0.1) is 23.4 Å². The number of hydrogen-bond donors (Lipinski definition) is 2. The maximum atomic E-state index is 13.1. The predicted molar refractivity (Wildman–Crippen MR) is 126 cm³/mol. The summed E-state index contributed by atoms with van der Waals surface area (Å²) in [5.41, 5.74) is 3.59. The molecule has 33 heavy (non-hydrogen) atoms. The molecule has 0 aliphatic heterocycles. The van der Waals surface area contributed by atoms with Gasteiger partial charge in [-0.2, -0.15) is 5.10 Å². The van der Waals surface area contributed by atoms with Crippen molar-refractivity contribution in [1.82, 2.24) is 20.1 Å². The normalized spacial score (nSPS) is 11.3. The molecule has 8 nitrogen and oxygen atoms in total. The van der Waals surface area contributed by atoms with Crippen molar-refractivity contribution >= 4 is 28.5 Å². The summed E-state index contributed by atoms with van der Waals surface area (Å²) < 4.78 is 6.96. The molecule has 0 fully saturated rings. The summed E-state index contributed by atoms with van der Waals surface area (Å²) in [4.78, 5) is 30.1. The van der Waals surface area contributed by atoms with E-state index in [4.69, 9.17) is 9.40 Å². The number of pyridine rings is 1. The average Bonchev–Trinajstić information content (AvgIpc) is 3.47. The van der Waals surface area contributed by atoms with Crippen LogP contribution in [0.15, 0.2) is 59.3 Å². The van der Waals surface area contributed by atoms with Gasteiger partial charge in [0.15, 0.2) is 11.4 Å². The van der Waals surface area contributed by atoms with Crippen LogP contribution in [0.1, 0.15) is 71.8 Å². The molecule has 3 heterocycles. The molecule has 170 valence electrons. The van der Waals surface area contributed by atoms with Gasteiger partial charge in [-0.15, -0.1) is 0 Å². The standard InChI is InChI=1S/C25H27N5O3/c1-15(2)21-12-19(20-14-27-30(16(3)4)23(20)29-21)24(31)26-13-17-7-5-8-18(11-17)28-25(32)22-9-6-10-33-22/h5-12,14-16H,13H2,1-4H3,(H,26,31)(H,28,32). The Labute approximate surface area is 192 Å². The number of amides is 2. The van der Waals surface area contributed by atoms with E-state index < -0.39 is 0 Å². The summed E-state index contributed by atoms with van der Waals surface area (Å²) in [7, 11) is 0. The molecule has 0 aliphatic carbocycles. The van der Waals surface area contributed by atoms with Crippen molar-refractivity contribution < 1.29 is 14.0 Å². The first-order chi connectivity index (χ1) is 15.8. The number of carbonyl (C=O) groups is 2. The topological polar surface area (TPSA) is 102 Å². The van der Waals surface area contributed by atoms with Crippen LogP contribution in [0, 0.1) is 0 Å². The van der Waals surface area contributed by atoms with Crippen LogP contribution in [-0.4, -0.2) is 26.6 Å². The Morgan fingerprint density at radius 3 is 2.58 bits per heavy atom. The van der Waals surface area contributed by atoms with Gasteiger partial charge < -0.3 is 15.1 Å². The van der Waals surface area contributed by atoms with Gasteiger partial charge in [0.1, 0.15) is 0 Å². The monoisotopic (exact) mass is 445 g/mol. The zero-order valence-corrected chi connectivity index (χ0v) is 19.1. The molecule has 0 bridgehead atoms. The molecule has 0 spiro atoms. The molecule has 3 aromatic heterocycles. The molecule has 0 saturated heterocycles. The zero-order valence-electron chi connectivity index (χ0n) is 19.1. The van der Waals surface area contributed by atoms with Gasteiger partial charge >= 0.3 is 0 Å². The summed E-state index contributed by atoms with van der Waals surface area (Å²) in [6, 6.07) is 12.6. The minimum atomic E-state index is -0.330. The molecule has 0 unspecified atom stereocenters. The van der Waals surface area contributed by atoms with E-state index in [-0.39, 0.29) is 29.5 Å². The van der Waals surface area contributed by atoms with Gasteiger partial charge in [-0.25, -0.2) is 9.67 Å². The Kier molecular flexibility index (Phi) is 6.26. The highest BCUT2D eigenvalue weighted by atomic mass is 16.3. The van der Waals surface area contributed by atoms with Crippen LogP contribution in [0.4, 0.5) is 5.69 Å². The van der Waals surface area contributed by atoms with Crippen molar-refractivity contribution in [3.05, 3.63) is 77.5 Å². The summed E-state index contributed by atoms with van der Waals surface area (Å²) in [6.07, 6.45) is 3.15. The lowest BCUT2D eigenvalue weighted by Crippen LogP contribution is -2.23. The SMILES string of the molecule is CC(C)c1cc(C(=O)NCc2cccc(NC(=O)c3ccco3)c2)c2cnn(C(C)C)c2n1. The number of hydrogen-bond acceptors (Lipinski definition) is 5. The van der Waals surface area contributed by atoms with Crippen LogP contribution < -0.4 is 10.6 Å². The van der Waals surface area contributed by atoms with E-state index in [0.717, 1.165) is 16.6 Å². The predicted octanol–water partition coefficient (Wildman–Crippen LogP) is 4.91. The zero-order chi connectivity index (χ0) is 23.5. The Morgan fingerprint density at radius 1 is 1.06 bits per heavy atom. The first kappa shape index (κ1) is 22.3. The van der Waals surface area contributed by atoms with Crippen LogP contribution in [0.5, 0.6) is 0 Å². The number of rotatable bonds is 7. The number of anilines is 1. The van der Waals surface area contributed by atoms with E-state index in [0.29, 0.717) is 23.4 Å². The van der Waals surface area contributed by atoms with E-state index in [1.54, 1.807) is 24.4 Å². The quantitative estimate of drug-likeness (QED) is 0.421. The molecule has 2 N–H and O–H groups in total. The largest absolute Gasteiger partial charge is 0.459 e. The van der Waals surface area contributed by atoms with Crippen LogP contribution >= 0.6 is 0 Å². The Balaban J connectivity index is 1.53. The first-order valence-corrected chi connectivity index (χ1v) is 10.9. The number of fused-ring (bicyclic) bond motifs is 1. The Bertz CT molecular complexity index is 1290. The number of carbonyl (C=O) groups excluding carboxylic acids is 2. The van der Waals surface area contributed by atoms with Crippen molar-refractivity contribution in [2.75, 3.05) is 5.32 Å². The summed E-state index contributed by atoms with van der Waals surface area (Å²) in [5, 5.41) is 11.0. The highest BCUT2D eigenvalue weighted by Crippen LogP contribution is 2.24. The van der Waals surface area contributed by atoms with Crippen molar-refractivity contribution in [2.24, 2.45) is 0 Å². The third-order valence-corrected chi connectivity index (χ3v) is 5.29. The lowest BCUT2D eigenvalue weighted by atomic mass is 10.0. The fourth-order valence-corrected chi connectivity index (χ4v) is 3.54. The fourth-order valence-electron chi connectivity index (χ4n) is 3.54. The lowest BCUT2D eigenvalue weighted by Gasteiger charge is -2.13. The molecule has 8 heteroatoms. The number of nitrogens with one attached hydrogen (secondary N) is 2. The van der Waals surface area contributed by atoms with Crippen molar-refractivity contribution in [2.45, 2.75) is 46.2 Å². The molecule has 4 aromatic rings. The Morgan fingerprint density at radius 2 is 1.88 bits per heavy atom. The van der Waals surface area contributed by atoms with Crippen molar-refractivity contribution in [3.8, 4) is 0 Å². The number of furan rings is 1. The van der Waals surface area contributed by atoms with Crippen LogP contribution in [-0.2, 0) is 6.54 Å². The second kappa shape index (κ2) is 9.28. The third kappa shape index (κ3) is 4.79. The molecule has 2 amide bonds. The van der Waals surface area contributed by atoms with Gasteiger partial charge in [0, 0.05) is 24.0 Å². The fraction of sp³-hybridized carbons (Fsp3) is 0.280. The molecule has 0 saturated carbocycles. The number of nitrogens with zero attached hydrogens (tertiary/aromatic N) is 3. The summed E-state index contributed by atoms with van der Waals surface area (Å²) >= 11 is 0. The maximum Gasteiger partial charge on any atom is 0.291 e. The van der Waals surface area contributed by atoms with Gasteiger partial charge in [0.2, 0.25) is 0 Å². The van der Waals surface area contributed by atoms with Gasteiger partial charge in [-0.1, -0.05) is 26.0 Å². The van der Waals surface area contributed by atoms with Crippen LogP contribution in [0.3, 0.4) is 0 Å². The highest BCUT2D eigenvalue weighted by Gasteiger charge is 2.19. The van der Waals surface area contributed by atoms with Gasteiger partial charge in [0.25, 0.3) is 11.8 Å².